The van der Waals surface area contributed by atoms with Gasteiger partial charge < -0.3 is 5.32 Å². The number of aromatic nitrogens is 2. The molecule has 1 aromatic heterocycles. The summed E-state index contributed by atoms with van der Waals surface area (Å²) in [5.41, 5.74) is 1.28. The monoisotopic (exact) mass is 263 g/mol. The molecule has 2 rings (SSSR count). The molecule has 0 radical (unpaired) electrons. The van der Waals surface area contributed by atoms with Crippen LogP contribution in [0.2, 0.25) is 0 Å². The molecule has 3 nitrogen and oxygen atoms in total. The van der Waals surface area contributed by atoms with E-state index in [0.29, 0.717) is 6.04 Å². The third-order valence-electron chi connectivity index (χ3n) is 4.45. The number of nitrogens with one attached hydrogen (secondary N) is 1. The van der Waals surface area contributed by atoms with Crippen molar-refractivity contribution in [3.63, 3.8) is 0 Å². The van der Waals surface area contributed by atoms with Crippen molar-refractivity contribution in [1.29, 1.82) is 0 Å². The van der Waals surface area contributed by atoms with E-state index >= 15 is 0 Å². The first-order chi connectivity index (χ1) is 9.20. The van der Waals surface area contributed by atoms with E-state index in [0.717, 1.165) is 24.8 Å². The fourth-order valence-electron chi connectivity index (χ4n) is 3.30. The molecule has 0 bridgehead atoms. The van der Waals surface area contributed by atoms with E-state index in [4.69, 9.17) is 5.10 Å². The van der Waals surface area contributed by atoms with Gasteiger partial charge in [-0.1, -0.05) is 19.3 Å². The highest BCUT2D eigenvalue weighted by atomic mass is 15.3. The van der Waals surface area contributed by atoms with E-state index in [1.165, 1.54) is 37.8 Å². The van der Waals surface area contributed by atoms with E-state index in [2.05, 4.69) is 43.2 Å². The SMILES string of the molecule is CNCC1CCCCCC1Cc1ccn(C(C)C)n1. The molecule has 3 heteroatoms. The molecule has 0 spiro atoms. The Labute approximate surface area is 117 Å². The Morgan fingerprint density at radius 2 is 2.00 bits per heavy atom. The summed E-state index contributed by atoms with van der Waals surface area (Å²) in [5, 5.41) is 8.10. The zero-order valence-electron chi connectivity index (χ0n) is 12.7. The van der Waals surface area contributed by atoms with Crippen LogP contribution in [0.5, 0.6) is 0 Å². The van der Waals surface area contributed by atoms with Crippen LogP contribution in [0.25, 0.3) is 0 Å². The Balaban J connectivity index is 2.00. The van der Waals surface area contributed by atoms with E-state index in [1.54, 1.807) is 0 Å². The van der Waals surface area contributed by atoms with Gasteiger partial charge in [-0.15, -0.1) is 0 Å². The zero-order chi connectivity index (χ0) is 13.7. The molecule has 1 heterocycles. The average Bonchev–Trinajstić information content (AvgIpc) is 2.74. The van der Waals surface area contributed by atoms with E-state index in [9.17, 15) is 0 Å². The lowest BCUT2D eigenvalue weighted by atomic mass is 9.84. The van der Waals surface area contributed by atoms with Crippen LogP contribution in [-0.4, -0.2) is 23.4 Å². The Bertz CT molecular complexity index is 370. The molecular formula is C16H29N3. The molecule has 0 aromatic carbocycles. The fraction of sp³-hybridized carbons (Fsp3) is 0.812. The number of nitrogens with zero attached hydrogens (tertiary/aromatic N) is 2. The Morgan fingerprint density at radius 3 is 2.63 bits per heavy atom. The van der Waals surface area contributed by atoms with Gasteiger partial charge in [-0.25, -0.2) is 0 Å². The van der Waals surface area contributed by atoms with Crippen molar-refractivity contribution < 1.29 is 0 Å². The molecule has 1 aliphatic rings. The predicted molar refractivity (Wildman–Crippen MR) is 80.3 cm³/mol. The Kier molecular flexibility index (Phi) is 5.44. The number of hydrogen-bond donors (Lipinski definition) is 1. The molecule has 19 heavy (non-hydrogen) atoms. The van der Waals surface area contributed by atoms with Crippen molar-refractivity contribution in [2.75, 3.05) is 13.6 Å². The van der Waals surface area contributed by atoms with Gasteiger partial charge in [0.2, 0.25) is 0 Å². The van der Waals surface area contributed by atoms with E-state index in [-0.39, 0.29) is 0 Å². The maximum absolute atomic E-state index is 4.73. The minimum absolute atomic E-state index is 0.469. The maximum Gasteiger partial charge on any atom is 0.0627 e. The van der Waals surface area contributed by atoms with Crippen molar-refractivity contribution in [3.8, 4) is 0 Å². The third-order valence-corrected chi connectivity index (χ3v) is 4.45. The summed E-state index contributed by atoms with van der Waals surface area (Å²) in [6.07, 6.45) is 10.3. The summed E-state index contributed by atoms with van der Waals surface area (Å²) < 4.78 is 2.08. The molecule has 108 valence electrons. The zero-order valence-corrected chi connectivity index (χ0v) is 12.7. The molecule has 0 saturated heterocycles. The van der Waals surface area contributed by atoms with Gasteiger partial charge >= 0.3 is 0 Å². The maximum atomic E-state index is 4.73. The van der Waals surface area contributed by atoms with Gasteiger partial charge in [-0.3, -0.25) is 4.68 Å². The minimum Gasteiger partial charge on any atom is -0.319 e. The Hall–Kier alpha value is -0.830. The van der Waals surface area contributed by atoms with E-state index < -0.39 is 0 Å². The lowest BCUT2D eigenvalue weighted by molar-refractivity contribution is 0.301. The standard InChI is InChI=1S/C16H29N3/c1-13(2)19-10-9-16(18-19)11-14-7-5-4-6-8-15(14)12-17-3/h9-10,13-15,17H,4-8,11-12H2,1-3H3. The smallest absolute Gasteiger partial charge is 0.0627 e. The van der Waals surface area contributed by atoms with Crippen molar-refractivity contribution in [3.05, 3.63) is 18.0 Å². The highest BCUT2D eigenvalue weighted by Crippen LogP contribution is 2.30. The minimum atomic E-state index is 0.469. The molecule has 0 amide bonds. The third kappa shape index (κ3) is 4.07. The van der Waals surface area contributed by atoms with Crippen molar-refractivity contribution in [2.24, 2.45) is 11.8 Å². The second-order valence-electron chi connectivity index (χ2n) is 6.30. The highest BCUT2D eigenvalue weighted by molar-refractivity contribution is 5.02. The molecular weight excluding hydrogens is 234 g/mol. The normalized spacial score (nSPS) is 24.6. The summed E-state index contributed by atoms with van der Waals surface area (Å²) in [6, 6.07) is 2.68. The molecule has 1 saturated carbocycles. The first kappa shape index (κ1) is 14.6. The topological polar surface area (TPSA) is 29.9 Å². The van der Waals surface area contributed by atoms with Crippen LogP contribution in [0.15, 0.2) is 12.3 Å². The van der Waals surface area contributed by atoms with Gasteiger partial charge in [0.15, 0.2) is 0 Å². The summed E-state index contributed by atoms with van der Waals surface area (Å²) in [5.74, 6) is 1.64. The van der Waals surface area contributed by atoms with E-state index in [1.807, 2.05) is 0 Å². The first-order valence-electron chi connectivity index (χ1n) is 7.89. The van der Waals surface area contributed by atoms with Gasteiger partial charge in [0.05, 0.1) is 5.69 Å². The van der Waals surface area contributed by atoms with Gasteiger partial charge in [0, 0.05) is 12.2 Å². The first-order valence-corrected chi connectivity index (χ1v) is 7.89. The fourth-order valence-corrected chi connectivity index (χ4v) is 3.30. The van der Waals surface area contributed by atoms with Gasteiger partial charge in [-0.2, -0.15) is 5.10 Å². The van der Waals surface area contributed by atoms with Crippen LogP contribution in [0.1, 0.15) is 57.7 Å². The molecule has 1 N–H and O–H groups in total. The van der Waals surface area contributed by atoms with Crippen LogP contribution in [0.4, 0.5) is 0 Å². The van der Waals surface area contributed by atoms with Crippen LogP contribution in [0.3, 0.4) is 0 Å². The average molecular weight is 263 g/mol. The lowest BCUT2D eigenvalue weighted by Crippen LogP contribution is -2.26. The summed E-state index contributed by atoms with van der Waals surface area (Å²) in [7, 11) is 2.08. The molecule has 1 aromatic rings. The van der Waals surface area contributed by atoms with Crippen molar-refractivity contribution >= 4 is 0 Å². The summed E-state index contributed by atoms with van der Waals surface area (Å²) >= 11 is 0. The molecule has 1 aliphatic carbocycles. The van der Waals surface area contributed by atoms with Crippen LogP contribution in [-0.2, 0) is 6.42 Å². The van der Waals surface area contributed by atoms with Crippen LogP contribution in [0, 0.1) is 11.8 Å². The number of rotatable bonds is 5. The summed E-state index contributed by atoms with van der Waals surface area (Å²) in [4.78, 5) is 0. The van der Waals surface area contributed by atoms with Gasteiger partial charge in [-0.05, 0) is 64.6 Å². The molecule has 2 atom stereocenters. The number of hydrogen-bond acceptors (Lipinski definition) is 2. The lowest BCUT2D eigenvalue weighted by Gasteiger charge is -2.24. The largest absolute Gasteiger partial charge is 0.319 e. The molecule has 1 fully saturated rings. The van der Waals surface area contributed by atoms with Crippen LogP contribution < -0.4 is 5.32 Å². The van der Waals surface area contributed by atoms with Crippen LogP contribution >= 0.6 is 0 Å². The second kappa shape index (κ2) is 7.09. The molecule has 0 aliphatic heterocycles. The molecule has 2 unspecified atom stereocenters. The van der Waals surface area contributed by atoms with Crippen molar-refractivity contribution in [2.45, 2.75) is 58.4 Å². The van der Waals surface area contributed by atoms with Crippen molar-refractivity contribution in [1.82, 2.24) is 15.1 Å². The highest BCUT2D eigenvalue weighted by Gasteiger charge is 2.24. The second-order valence-corrected chi connectivity index (χ2v) is 6.30. The quantitative estimate of drug-likeness (QED) is 0.825. The van der Waals surface area contributed by atoms with Gasteiger partial charge in [0.25, 0.3) is 0 Å². The Morgan fingerprint density at radius 1 is 1.26 bits per heavy atom. The predicted octanol–water partition coefficient (Wildman–Crippen LogP) is 3.42. The van der Waals surface area contributed by atoms with Gasteiger partial charge in [0.1, 0.15) is 0 Å². The summed E-state index contributed by atoms with van der Waals surface area (Å²) in [6.45, 7) is 5.54.